The van der Waals surface area contributed by atoms with Crippen LogP contribution in [0.25, 0.3) is 0 Å². The van der Waals surface area contributed by atoms with Crippen molar-refractivity contribution >= 4 is 21.6 Å². The molecule has 0 aliphatic heterocycles. The molecule has 0 aliphatic carbocycles. The Morgan fingerprint density at radius 2 is 2.17 bits per heavy atom. The van der Waals surface area contributed by atoms with E-state index < -0.39 is 0 Å². The van der Waals surface area contributed by atoms with Crippen LogP contribution in [0.5, 0.6) is 0 Å². The number of nitrogens with one attached hydrogen (secondary N) is 2. The van der Waals surface area contributed by atoms with Crippen LogP contribution in [0.4, 0.5) is 5.69 Å². The SMILES string of the molecule is Cc1ccccc1CCNc1cn[nH]c(=O)c1Br. The molecule has 18 heavy (non-hydrogen) atoms. The molecule has 0 spiro atoms. The predicted molar refractivity (Wildman–Crippen MR) is 75.9 cm³/mol. The van der Waals surface area contributed by atoms with Gasteiger partial charge in [-0.1, -0.05) is 24.3 Å². The number of aromatic nitrogens is 2. The van der Waals surface area contributed by atoms with E-state index in [0.717, 1.165) is 13.0 Å². The summed E-state index contributed by atoms with van der Waals surface area (Å²) in [5.41, 5.74) is 3.07. The van der Waals surface area contributed by atoms with Gasteiger partial charge in [0, 0.05) is 6.54 Å². The summed E-state index contributed by atoms with van der Waals surface area (Å²) >= 11 is 3.23. The zero-order valence-corrected chi connectivity index (χ0v) is 11.6. The van der Waals surface area contributed by atoms with E-state index in [4.69, 9.17) is 0 Å². The molecule has 0 fully saturated rings. The normalized spacial score (nSPS) is 10.3. The third kappa shape index (κ3) is 2.98. The monoisotopic (exact) mass is 307 g/mol. The summed E-state index contributed by atoms with van der Waals surface area (Å²) in [4.78, 5) is 11.3. The molecule has 0 atom stereocenters. The van der Waals surface area contributed by atoms with Crippen LogP contribution < -0.4 is 10.9 Å². The Balaban J connectivity index is 1.99. The molecule has 0 unspecified atom stereocenters. The van der Waals surface area contributed by atoms with Gasteiger partial charge >= 0.3 is 0 Å². The molecule has 2 N–H and O–H groups in total. The molecule has 94 valence electrons. The Bertz CT molecular complexity index is 595. The molecule has 0 saturated heterocycles. The van der Waals surface area contributed by atoms with Crippen molar-refractivity contribution in [2.75, 3.05) is 11.9 Å². The predicted octanol–water partition coefficient (Wildman–Crippen LogP) is 2.50. The highest BCUT2D eigenvalue weighted by atomic mass is 79.9. The van der Waals surface area contributed by atoms with Gasteiger partial charge in [-0.25, -0.2) is 5.10 Å². The van der Waals surface area contributed by atoms with E-state index >= 15 is 0 Å². The second kappa shape index (κ2) is 5.82. The van der Waals surface area contributed by atoms with Crippen LogP contribution in [0.3, 0.4) is 0 Å². The maximum absolute atomic E-state index is 11.3. The lowest BCUT2D eigenvalue weighted by Gasteiger charge is -2.08. The molecule has 4 nitrogen and oxygen atoms in total. The van der Waals surface area contributed by atoms with E-state index in [1.165, 1.54) is 11.1 Å². The number of benzene rings is 1. The molecule has 1 heterocycles. The van der Waals surface area contributed by atoms with Gasteiger partial charge in [-0.15, -0.1) is 0 Å². The van der Waals surface area contributed by atoms with E-state index in [0.29, 0.717) is 10.2 Å². The molecule has 0 aliphatic rings. The summed E-state index contributed by atoms with van der Waals surface area (Å²) < 4.78 is 0.488. The van der Waals surface area contributed by atoms with E-state index in [1.807, 2.05) is 12.1 Å². The average molecular weight is 308 g/mol. The third-order valence-corrected chi connectivity index (χ3v) is 3.55. The fourth-order valence-electron chi connectivity index (χ4n) is 1.73. The van der Waals surface area contributed by atoms with Gasteiger partial charge in [-0.05, 0) is 40.4 Å². The molecule has 0 amide bonds. The third-order valence-electron chi connectivity index (χ3n) is 2.77. The highest BCUT2D eigenvalue weighted by Gasteiger charge is 2.03. The number of nitrogens with zero attached hydrogens (tertiary/aromatic N) is 1. The first-order valence-electron chi connectivity index (χ1n) is 5.70. The summed E-state index contributed by atoms with van der Waals surface area (Å²) in [5.74, 6) is 0. The number of hydrogen-bond acceptors (Lipinski definition) is 3. The lowest BCUT2D eigenvalue weighted by Crippen LogP contribution is -2.13. The van der Waals surface area contributed by atoms with Crippen molar-refractivity contribution in [1.82, 2.24) is 10.2 Å². The summed E-state index contributed by atoms with van der Waals surface area (Å²) in [7, 11) is 0. The molecule has 5 heteroatoms. The summed E-state index contributed by atoms with van der Waals surface area (Å²) in [5, 5.41) is 9.32. The maximum atomic E-state index is 11.3. The van der Waals surface area contributed by atoms with Crippen LogP contribution in [-0.4, -0.2) is 16.7 Å². The van der Waals surface area contributed by atoms with Crippen LogP contribution >= 0.6 is 15.9 Å². The minimum atomic E-state index is -0.226. The van der Waals surface area contributed by atoms with Gasteiger partial charge in [0.25, 0.3) is 5.56 Å². The summed E-state index contributed by atoms with van der Waals surface area (Å²) in [6, 6.07) is 8.28. The lowest BCUT2D eigenvalue weighted by atomic mass is 10.1. The van der Waals surface area contributed by atoms with Crippen molar-refractivity contribution in [2.24, 2.45) is 0 Å². The summed E-state index contributed by atoms with van der Waals surface area (Å²) in [6.45, 7) is 2.86. The quantitative estimate of drug-likeness (QED) is 0.912. The first-order chi connectivity index (χ1) is 8.68. The van der Waals surface area contributed by atoms with Crippen molar-refractivity contribution in [3.05, 3.63) is 56.4 Å². The molecular weight excluding hydrogens is 294 g/mol. The molecule has 1 aromatic heterocycles. The van der Waals surface area contributed by atoms with Crippen LogP contribution in [0, 0.1) is 6.92 Å². The molecule has 2 rings (SSSR count). The topological polar surface area (TPSA) is 57.8 Å². The van der Waals surface area contributed by atoms with Gasteiger partial charge in [0.2, 0.25) is 0 Å². The van der Waals surface area contributed by atoms with Crippen LogP contribution in [0.1, 0.15) is 11.1 Å². The van der Waals surface area contributed by atoms with E-state index in [-0.39, 0.29) is 5.56 Å². The highest BCUT2D eigenvalue weighted by molar-refractivity contribution is 9.10. The Hall–Kier alpha value is -1.62. The first kappa shape index (κ1) is 12.8. The summed E-state index contributed by atoms with van der Waals surface area (Å²) in [6.07, 6.45) is 2.51. The number of aromatic amines is 1. The maximum Gasteiger partial charge on any atom is 0.280 e. The number of H-pyrrole nitrogens is 1. The van der Waals surface area contributed by atoms with Gasteiger partial charge in [0.1, 0.15) is 4.47 Å². The van der Waals surface area contributed by atoms with E-state index in [2.05, 4.69) is 50.5 Å². The van der Waals surface area contributed by atoms with Crippen molar-refractivity contribution in [3.63, 3.8) is 0 Å². The van der Waals surface area contributed by atoms with Gasteiger partial charge in [-0.3, -0.25) is 4.79 Å². The van der Waals surface area contributed by atoms with Gasteiger partial charge < -0.3 is 5.32 Å². The van der Waals surface area contributed by atoms with Crippen LogP contribution in [-0.2, 0) is 6.42 Å². The van der Waals surface area contributed by atoms with Gasteiger partial charge in [-0.2, -0.15) is 5.10 Å². The van der Waals surface area contributed by atoms with E-state index in [9.17, 15) is 4.79 Å². The van der Waals surface area contributed by atoms with Crippen molar-refractivity contribution in [1.29, 1.82) is 0 Å². The lowest BCUT2D eigenvalue weighted by molar-refractivity contribution is 0.956. The minimum Gasteiger partial charge on any atom is -0.382 e. The number of anilines is 1. The first-order valence-corrected chi connectivity index (χ1v) is 6.49. The van der Waals surface area contributed by atoms with Crippen molar-refractivity contribution in [3.8, 4) is 0 Å². The number of aryl methyl sites for hydroxylation is 1. The Morgan fingerprint density at radius 1 is 1.39 bits per heavy atom. The van der Waals surface area contributed by atoms with Crippen molar-refractivity contribution in [2.45, 2.75) is 13.3 Å². The zero-order valence-electron chi connectivity index (χ0n) is 10.0. The molecule has 1 aromatic carbocycles. The van der Waals surface area contributed by atoms with E-state index in [1.54, 1.807) is 6.20 Å². The van der Waals surface area contributed by atoms with Gasteiger partial charge in [0.15, 0.2) is 0 Å². The number of halogens is 1. The number of rotatable bonds is 4. The smallest absolute Gasteiger partial charge is 0.280 e. The molecule has 0 radical (unpaired) electrons. The Labute approximate surface area is 114 Å². The highest BCUT2D eigenvalue weighted by Crippen LogP contribution is 2.15. The Morgan fingerprint density at radius 3 is 2.94 bits per heavy atom. The molecule has 2 aromatic rings. The fraction of sp³-hybridized carbons (Fsp3) is 0.231. The second-order valence-electron chi connectivity index (χ2n) is 4.03. The number of hydrogen-bond donors (Lipinski definition) is 2. The molecule has 0 bridgehead atoms. The standard InChI is InChI=1S/C13H14BrN3O/c1-9-4-2-3-5-10(9)6-7-15-11-8-16-17-13(18)12(11)14/h2-5,8H,6-7H2,1H3,(H2,15,17,18). The largest absolute Gasteiger partial charge is 0.382 e. The molecular formula is C13H14BrN3O. The van der Waals surface area contributed by atoms with Crippen LogP contribution in [0.2, 0.25) is 0 Å². The van der Waals surface area contributed by atoms with Crippen molar-refractivity contribution < 1.29 is 0 Å². The average Bonchev–Trinajstić information content (AvgIpc) is 2.37. The van der Waals surface area contributed by atoms with Crippen LogP contribution in [0.15, 0.2) is 39.7 Å². The minimum absolute atomic E-state index is 0.226. The fourth-order valence-corrected chi connectivity index (χ4v) is 2.06. The molecule has 0 saturated carbocycles. The Kier molecular flexibility index (Phi) is 4.15. The second-order valence-corrected chi connectivity index (χ2v) is 4.82. The van der Waals surface area contributed by atoms with Gasteiger partial charge in [0.05, 0.1) is 11.9 Å². The zero-order chi connectivity index (χ0) is 13.0.